The minimum Gasteiger partial charge on any atom is -0.313 e. The van der Waals surface area contributed by atoms with Crippen LogP contribution >= 0.6 is 0 Å². The maximum atomic E-state index is 3.50. The summed E-state index contributed by atoms with van der Waals surface area (Å²) in [4.78, 5) is 0. The van der Waals surface area contributed by atoms with Crippen molar-refractivity contribution in [3.63, 3.8) is 0 Å². The van der Waals surface area contributed by atoms with Gasteiger partial charge in [0.05, 0.1) is 0 Å². The van der Waals surface area contributed by atoms with E-state index < -0.39 is 0 Å². The molecule has 1 saturated carbocycles. The first-order valence-electron chi connectivity index (χ1n) is 7.13. The molecule has 0 aromatic heterocycles. The molecule has 1 N–H and O–H groups in total. The second kappa shape index (κ2) is 6.19. The summed E-state index contributed by atoms with van der Waals surface area (Å²) in [6.45, 7) is 8.80. The predicted octanol–water partition coefficient (Wildman–Crippen LogP) is 4.21. The predicted molar refractivity (Wildman–Crippen MR) is 79.8 cm³/mol. The molecule has 0 amide bonds. The first-order valence-corrected chi connectivity index (χ1v) is 7.13. The van der Waals surface area contributed by atoms with Crippen molar-refractivity contribution in [1.29, 1.82) is 0 Å². The highest BCUT2D eigenvalue weighted by atomic mass is 14.8. The highest BCUT2D eigenvalue weighted by molar-refractivity contribution is 5.58. The lowest BCUT2D eigenvalue weighted by Gasteiger charge is -2.09. The number of nitrogens with one attached hydrogen (secondary N) is 1. The average molecular weight is 243 g/mol. The molecular formula is C17H25N. The van der Waals surface area contributed by atoms with Gasteiger partial charge < -0.3 is 5.32 Å². The molecule has 1 heteroatoms. The second-order valence-corrected chi connectivity index (χ2v) is 5.92. The molecule has 18 heavy (non-hydrogen) atoms. The van der Waals surface area contributed by atoms with Crippen LogP contribution in [0.1, 0.15) is 50.7 Å². The Morgan fingerprint density at radius 2 is 2.06 bits per heavy atom. The molecule has 98 valence electrons. The second-order valence-electron chi connectivity index (χ2n) is 5.92. The van der Waals surface area contributed by atoms with Crippen LogP contribution in [0.5, 0.6) is 0 Å². The fraction of sp³-hybridized carbons (Fsp3) is 0.529. The number of hydrogen-bond donors (Lipinski definition) is 1. The van der Waals surface area contributed by atoms with Crippen molar-refractivity contribution in [2.75, 3.05) is 13.1 Å². The van der Waals surface area contributed by atoms with E-state index in [2.05, 4.69) is 56.4 Å². The SMILES string of the molecule is CC(=Cc1ccccc1C1CC1)CNCC(C)C. The van der Waals surface area contributed by atoms with Crippen molar-refractivity contribution in [3.8, 4) is 0 Å². The van der Waals surface area contributed by atoms with Gasteiger partial charge in [-0.2, -0.15) is 0 Å². The topological polar surface area (TPSA) is 12.0 Å². The van der Waals surface area contributed by atoms with E-state index in [1.807, 2.05) is 0 Å². The zero-order valence-electron chi connectivity index (χ0n) is 11.9. The molecule has 2 rings (SSSR count). The number of rotatable bonds is 6. The fourth-order valence-corrected chi connectivity index (χ4v) is 2.28. The minimum absolute atomic E-state index is 0.719. The van der Waals surface area contributed by atoms with Gasteiger partial charge in [0.2, 0.25) is 0 Å². The van der Waals surface area contributed by atoms with Crippen LogP contribution in [0.25, 0.3) is 6.08 Å². The lowest BCUT2D eigenvalue weighted by Crippen LogP contribution is -2.21. The van der Waals surface area contributed by atoms with E-state index >= 15 is 0 Å². The van der Waals surface area contributed by atoms with E-state index in [1.165, 1.54) is 24.0 Å². The Morgan fingerprint density at radius 1 is 1.33 bits per heavy atom. The van der Waals surface area contributed by atoms with Gasteiger partial charge in [0.1, 0.15) is 0 Å². The molecule has 0 heterocycles. The minimum atomic E-state index is 0.719. The number of hydrogen-bond acceptors (Lipinski definition) is 1. The van der Waals surface area contributed by atoms with E-state index in [9.17, 15) is 0 Å². The van der Waals surface area contributed by atoms with E-state index in [-0.39, 0.29) is 0 Å². The van der Waals surface area contributed by atoms with Crippen LogP contribution < -0.4 is 5.32 Å². The van der Waals surface area contributed by atoms with Crippen LogP contribution in [0.3, 0.4) is 0 Å². The highest BCUT2D eigenvalue weighted by Crippen LogP contribution is 2.41. The summed E-state index contributed by atoms with van der Waals surface area (Å²) >= 11 is 0. The Kier molecular flexibility index (Phi) is 4.60. The Bertz CT molecular complexity index is 413. The Labute approximate surface area is 111 Å². The maximum Gasteiger partial charge on any atom is 0.0165 e. The van der Waals surface area contributed by atoms with Crippen molar-refractivity contribution in [1.82, 2.24) is 5.32 Å². The first kappa shape index (κ1) is 13.4. The van der Waals surface area contributed by atoms with Crippen molar-refractivity contribution >= 4 is 6.08 Å². The van der Waals surface area contributed by atoms with Gasteiger partial charge in [-0.05, 0) is 49.3 Å². The molecule has 0 saturated heterocycles. The Hall–Kier alpha value is -1.08. The summed E-state index contributed by atoms with van der Waals surface area (Å²) < 4.78 is 0. The summed E-state index contributed by atoms with van der Waals surface area (Å²) in [6, 6.07) is 8.85. The van der Waals surface area contributed by atoms with Crippen LogP contribution in [-0.2, 0) is 0 Å². The van der Waals surface area contributed by atoms with Crippen LogP contribution in [-0.4, -0.2) is 13.1 Å². The summed E-state index contributed by atoms with van der Waals surface area (Å²) in [5.41, 5.74) is 4.38. The lowest BCUT2D eigenvalue weighted by molar-refractivity contribution is 0.572. The molecule has 1 aliphatic rings. The quantitative estimate of drug-likeness (QED) is 0.789. The van der Waals surface area contributed by atoms with Crippen LogP contribution in [0, 0.1) is 5.92 Å². The van der Waals surface area contributed by atoms with Gasteiger partial charge in [-0.1, -0.05) is 49.8 Å². The Balaban J connectivity index is 1.98. The molecule has 0 spiro atoms. The summed E-state index contributed by atoms with van der Waals surface area (Å²) in [5.74, 6) is 1.55. The van der Waals surface area contributed by atoms with Gasteiger partial charge in [-0.3, -0.25) is 0 Å². The monoisotopic (exact) mass is 243 g/mol. The van der Waals surface area contributed by atoms with Crippen molar-refractivity contribution in [2.24, 2.45) is 5.92 Å². The maximum absolute atomic E-state index is 3.50. The third-order valence-electron chi connectivity index (χ3n) is 3.37. The summed E-state index contributed by atoms with van der Waals surface area (Å²) in [6.07, 6.45) is 5.09. The lowest BCUT2D eigenvalue weighted by atomic mass is 10.0. The van der Waals surface area contributed by atoms with E-state index in [0.29, 0.717) is 0 Å². The summed E-state index contributed by atoms with van der Waals surface area (Å²) in [7, 11) is 0. The van der Waals surface area contributed by atoms with Crippen molar-refractivity contribution in [2.45, 2.75) is 39.5 Å². The zero-order chi connectivity index (χ0) is 13.0. The average Bonchev–Trinajstić information content (AvgIpc) is 3.13. The highest BCUT2D eigenvalue weighted by Gasteiger charge is 2.24. The molecule has 1 aliphatic carbocycles. The largest absolute Gasteiger partial charge is 0.313 e. The molecule has 1 aromatic carbocycles. The molecule has 0 bridgehead atoms. The molecule has 1 aromatic rings. The van der Waals surface area contributed by atoms with Crippen molar-refractivity contribution in [3.05, 3.63) is 41.0 Å². The first-order chi connectivity index (χ1) is 8.66. The smallest absolute Gasteiger partial charge is 0.0165 e. The zero-order valence-corrected chi connectivity index (χ0v) is 11.9. The number of benzene rings is 1. The molecular weight excluding hydrogens is 218 g/mol. The molecule has 0 unspecified atom stereocenters. The standard InChI is InChI=1S/C17H25N/c1-13(2)11-18-12-14(3)10-16-6-4-5-7-17(16)15-8-9-15/h4-7,10,13,15,18H,8-9,11-12H2,1-3H3. The third-order valence-corrected chi connectivity index (χ3v) is 3.37. The molecule has 1 fully saturated rings. The van der Waals surface area contributed by atoms with Gasteiger partial charge in [-0.25, -0.2) is 0 Å². The fourth-order valence-electron chi connectivity index (χ4n) is 2.28. The molecule has 0 radical (unpaired) electrons. The molecule has 0 aliphatic heterocycles. The van der Waals surface area contributed by atoms with Gasteiger partial charge >= 0.3 is 0 Å². The van der Waals surface area contributed by atoms with Gasteiger partial charge in [0.15, 0.2) is 0 Å². The third kappa shape index (κ3) is 3.99. The van der Waals surface area contributed by atoms with Crippen LogP contribution in [0.15, 0.2) is 29.8 Å². The van der Waals surface area contributed by atoms with Crippen LogP contribution in [0.4, 0.5) is 0 Å². The normalized spacial score (nSPS) is 16.3. The van der Waals surface area contributed by atoms with Gasteiger partial charge in [0, 0.05) is 6.54 Å². The van der Waals surface area contributed by atoms with E-state index in [0.717, 1.165) is 24.9 Å². The van der Waals surface area contributed by atoms with Gasteiger partial charge in [-0.15, -0.1) is 0 Å². The molecule has 0 atom stereocenters. The van der Waals surface area contributed by atoms with E-state index in [1.54, 1.807) is 5.56 Å². The van der Waals surface area contributed by atoms with Crippen molar-refractivity contribution < 1.29 is 0 Å². The van der Waals surface area contributed by atoms with Crippen LogP contribution in [0.2, 0.25) is 0 Å². The molecule has 1 nitrogen and oxygen atoms in total. The summed E-state index contributed by atoms with van der Waals surface area (Å²) in [5, 5.41) is 3.50. The van der Waals surface area contributed by atoms with Gasteiger partial charge in [0.25, 0.3) is 0 Å². The van der Waals surface area contributed by atoms with E-state index in [4.69, 9.17) is 0 Å². The Morgan fingerprint density at radius 3 is 2.72 bits per heavy atom.